The number of hydrogen-bond acceptors (Lipinski definition) is 4. The minimum Gasteiger partial charge on any atom is -0.457 e. The van der Waals surface area contributed by atoms with Gasteiger partial charge in [0, 0.05) is 11.4 Å². The molecule has 30 heavy (non-hydrogen) atoms. The first kappa shape index (κ1) is 20.6. The van der Waals surface area contributed by atoms with E-state index < -0.39 is 17.2 Å². The monoisotopic (exact) mass is 399 g/mol. The van der Waals surface area contributed by atoms with Gasteiger partial charge < -0.3 is 15.4 Å². The highest BCUT2D eigenvalue weighted by atomic mass is 16.5. The molecule has 0 bridgehead atoms. The van der Waals surface area contributed by atoms with Gasteiger partial charge in [-0.05, 0) is 74.5 Å². The van der Waals surface area contributed by atoms with Crippen LogP contribution in [0.3, 0.4) is 0 Å². The van der Waals surface area contributed by atoms with E-state index in [4.69, 9.17) is 10.00 Å². The van der Waals surface area contributed by atoms with Gasteiger partial charge in [-0.1, -0.05) is 18.2 Å². The Labute approximate surface area is 175 Å². The number of carbonyl (C=O) groups excluding carboxylic acids is 2. The molecular weight excluding hydrogens is 378 g/mol. The fourth-order valence-electron chi connectivity index (χ4n) is 2.54. The molecule has 150 valence electrons. The minimum atomic E-state index is -1.31. The maximum atomic E-state index is 12.7. The number of amides is 2. The van der Waals surface area contributed by atoms with Crippen LogP contribution in [0.1, 0.15) is 19.4 Å². The molecule has 0 saturated heterocycles. The summed E-state index contributed by atoms with van der Waals surface area (Å²) in [4.78, 5) is 25.3. The molecule has 2 amide bonds. The molecule has 6 heteroatoms. The van der Waals surface area contributed by atoms with E-state index in [1.165, 1.54) is 0 Å². The molecule has 0 radical (unpaired) electrons. The summed E-state index contributed by atoms with van der Waals surface area (Å²) < 4.78 is 5.73. The molecule has 2 N–H and O–H groups in total. The van der Waals surface area contributed by atoms with E-state index in [1.54, 1.807) is 62.4 Å². The number of ether oxygens (including phenoxy) is 1. The number of carbonyl (C=O) groups is 2. The first-order valence-electron chi connectivity index (χ1n) is 9.34. The SMILES string of the molecule is CC(C)(C(=O)Nc1ccc(C#N)cc1)C(=O)Nc1ccc(Oc2ccccc2)cc1. The van der Waals surface area contributed by atoms with Crippen molar-refractivity contribution in [3.05, 3.63) is 84.4 Å². The van der Waals surface area contributed by atoms with Crippen molar-refractivity contribution in [2.75, 3.05) is 10.6 Å². The third kappa shape index (κ3) is 5.03. The summed E-state index contributed by atoms with van der Waals surface area (Å²) in [6, 6.07) is 24.7. The van der Waals surface area contributed by atoms with E-state index in [0.29, 0.717) is 22.7 Å². The lowest BCUT2D eigenvalue weighted by atomic mass is 9.90. The van der Waals surface area contributed by atoms with E-state index in [2.05, 4.69) is 10.6 Å². The lowest BCUT2D eigenvalue weighted by Crippen LogP contribution is -2.41. The second kappa shape index (κ2) is 8.93. The zero-order valence-corrected chi connectivity index (χ0v) is 16.7. The Morgan fingerprint density at radius 1 is 0.767 bits per heavy atom. The van der Waals surface area contributed by atoms with E-state index >= 15 is 0 Å². The topological polar surface area (TPSA) is 91.2 Å². The lowest BCUT2D eigenvalue weighted by molar-refractivity contribution is -0.135. The first-order chi connectivity index (χ1) is 14.4. The highest BCUT2D eigenvalue weighted by Crippen LogP contribution is 2.25. The fraction of sp³-hybridized carbons (Fsp3) is 0.125. The van der Waals surface area contributed by atoms with Crippen molar-refractivity contribution in [1.29, 1.82) is 5.26 Å². The number of nitrogens with zero attached hydrogens (tertiary/aromatic N) is 1. The van der Waals surface area contributed by atoms with Crippen LogP contribution in [0.2, 0.25) is 0 Å². The average molecular weight is 399 g/mol. The summed E-state index contributed by atoms with van der Waals surface area (Å²) in [6.45, 7) is 3.10. The number of rotatable bonds is 6. The van der Waals surface area contributed by atoms with Crippen LogP contribution in [-0.4, -0.2) is 11.8 Å². The molecule has 0 aliphatic rings. The molecule has 0 fully saturated rings. The van der Waals surface area contributed by atoms with Gasteiger partial charge in [-0.2, -0.15) is 5.26 Å². The second-order valence-electron chi connectivity index (χ2n) is 7.16. The molecule has 3 aromatic rings. The lowest BCUT2D eigenvalue weighted by Gasteiger charge is -2.23. The maximum Gasteiger partial charge on any atom is 0.239 e. The Bertz CT molecular complexity index is 1070. The molecule has 3 aromatic carbocycles. The van der Waals surface area contributed by atoms with Crippen LogP contribution in [0.5, 0.6) is 11.5 Å². The van der Waals surface area contributed by atoms with Gasteiger partial charge in [-0.25, -0.2) is 0 Å². The molecule has 0 saturated carbocycles. The molecule has 0 aliphatic carbocycles. The molecular formula is C24H21N3O3. The number of hydrogen-bond donors (Lipinski definition) is 2. The molecule has 0 atom stereocenters. The zero-order valence-electron chi connectivity index (χ0n) is 16.7. The van der Waals surface area contributed by atoms with Crippen LogP contribution in [-0.2, 0) is 9.59 Å². The Kier molecular flexibility index (Phi) is 6.14. The summed E-state index contributed by atoms with van der Waals surface area (Å²) in [5, 5.41) is 14.3. The van der Waals surface area contributed by atoms with E-state index in [1.807, 2.05) is 36.4 Å². The predicted molar refractivity (Wildman–Crippen MR) is 115 cm³/mol. The van der Waals surface area contributed by atoms with Crippen LogP contribution in [0.15, 0.2) is 78.9 Å². The third-order valence-electron chi connectivity index (χ3n) is 4.50. The maximum absolute atomic E-state index is 12.7. The van der Waals surface area contributed by atoms with Gasteiger partial charge >= 0.3 is 0 Å². The number of anilines is 2. The van der Waals surface area contributed by atoms with E-state index in [0.717, 1.165) is 5.75 Å². The molecule has 0 aromatic heterocycles. The number of benzene rings is 3. The van der Waals surface area contributed by atoms with Crippen molar-refractivity contribution in [3.63, 3.8) is 0 Å². The highest BCUT2D eigenvalue weighted by molar-refractivity contribution is 6.14. The summed E-state index contributed by atoms with van der Waals surface area (Å²) in [7, 11) is 0. The quantitative estimate of drug-likeness (QED) is 0.574. The van der Waals surface area contributed by atoms with Gasteiger partial charge in [-0.3, -0.25) is 9.59 Å². The van der Waals surface area contributed by atoms with Gasteiger partial charge in [-0.15, -0.1) is 0 Å². The van der Waals surface area contributed by atoms with Crippen molar-refractivity contribution >= 4 is 23.2 Å². The molecule has 0 aliphatic heterocycles. The average Bonchev–Trinajstić information content (AvgIpc) is 2.76. The normalized spacial score (nSPS) is 10.6. The summed E-state index contributed by atoms with van der Waals surface area (Å²) in [6.07, 6.45) is 0. The minimum absolute atomic E-state index is 0.439. The molecule has 3 rings (SSSR count). The van der Waals surface area contributed by atoms with Crippen LogP contribution < -0.4 is 15.4 Å². The first-order valence-corrected chi connectivity index (χ1v) is 9.34. The Hall–Kier alpha value is -4.11. The van der Waals surface area contributed by atoms with E-state index in [9.17, 15) is 9.59 Å². The molecule has 6 nitrogen and oxygen atoms in total. The summed E-state index contributed by atoms with van der Waals surface area (Å²) in [5.74, 6) is 0.464. The largest absolute Gasteiger partial charge is 0.457 e. The number of para-hydroxylation sites is 1. The zero-order chi connectivity index (χ0) is 21.6. The summed E-state index contributed by atoms with van der Waals surface area (Å²) >= 11 is 0. The Morgan fingerprint density at radius 3 is 1.73 bits per heavy atom. The van der Waals surface area contributed by atoms with Crippen LogP contribution >= 0.6 is 0 Å². The molecule has 0 unspecified atom stereocenters. The molecule has 0 heterocycles. The van der Waals surface area contributed by atoms with Gasteiger partial charge in [0.15, 0.2) is 0 Å². The smallest absolute Gasteiger partial charge is 0.239 e. The van der Waals surface area contributed by atoms with Gasteiger partial charge in [0.05, 0.1) is 11.6 Å². The number of nitriles is 1. The second-order valence-corrected chi connectivity index (χ2v) is 7.16. The van der Waals surface area contributed by atoms with Crippen LogP contribution in [0, 0.1) is 16.7 Å². The van der Waals surface area contributed by atoms with Crippen molar-refractivity contribution in [2.45, 2.75) is 13.8 Å². The number of nitrogens with one attached hydrogen (secondary N) is 2. The van der Waals surface area contributed by atoms with Gasteiger partial charge in [0.1, 0.15) is 16.9 Å². The van der Waals surface area contributed by atoms with Gasteiger partial charge in [0.2, 0.25) is 11.8 Å². The highest BCUT2D eigenvalue weighted by Gasteiger charge is 2.36. The van der Waals surface area contributed by atoms with Crippen molar-refractivity contribution in [3.8, 4) is 17.6 Å². The van der Waals surface area contributed by atoms with Gasteiger partial charge in [0.25, 0.3) is 0 Å². The van der Waals surface area contributed by atoms with Crippen molar-refractivity contribution in [2.24, 2.45) is 5.41 Å². The third-order valence-corrected chi connectivity index (χ3v) is 4.50. The Morgan fingerprint density at radius 2 is 1.23 bits per heavy atom. The predicted octanol–water partition coefficient (Wildman–Crippen LogP) is 4.95. The molecule has 0 spiro atoms. The Balaban J connectivity index is 1.61. The van der Waals surface area contributed by atoms with Crippen LogP contribution in [0.4, 0.5) is 11.4 Å². The van der Waals surface area contributed by atoms with Crippen molar-refractivity contribution < 1.29 is 14.3 Å². The van der Waals surface area contributed by atoms with E-state index in [-0.39, 0.29) is 0 Å². The standard InChI is InChI=1S/C24H21N3O3/c1-24(2,22(28)26-18-10-8-17(16-25)9-11-18)23(29)27-19-12-14-21(15-13-19)30-20-6-4-3-5-7-20/h3-15H,1-2H3,(H,26,28)(H,27,29). The van der Waals surface area contributed by atoms with Crippen molar-refractivity contribution in [1.82, 2.24) is 0 Å². The van der Waals surface area contributed by atoms with Crippen LogP contribution in [0.25, 0.3) is 0 Å². The summed E-state index contributed by atoms with van der Waals surface area (Å²) in [5.41, 5.74) is 0.249. The fourth-order valence-corrected chi connectivity index (χ4v) is 2.54.